The molecule has 19 valence electrons. The first-order chi connectivity index (χ1) is 0. The molecule has 0 fully saturated rings. The summed E-state index contributed by atoms with van der Waals surface area (Å²) < 4.78 is 0. The van der Waals surface area contributed by atoms with E-state index in [1.165, 1.54) is 0 Å². The van der Waals surface area contributed by atoms with Crippen LogP contribution in [0.1, 0.15) is 7.13 Å². The van der Waals surface area contributed by atoms with E-state index in [4.69, 9.17) is 0 Å². The Morgan fingerprint density at radius 1 is 1.20 bits per heavy atom. The van der Waals surface area contributed by atoms with E-state index in [1.54, 1.807) is 0 Å². The summed E-state index contributed by atoms with van der Waals surface area (Å²) in [6.45, 7) is 0. The molecule has 0 saturated heterocycles. The van der Waals surface area contributed by atoms with Gasteiger partial charge in [-0.2, -0.15) is 0 Å². The summed E-state index contributed by atoms with van der Waals surface area (Å²) >= 11 is 0. The van der Waals surface area contributed by atoms with Crippen LogP contribution in [0.4, 0.5) is 0 Å². The van der Waals surface area contributed by atoms with Crippen molar-refractivity contribution in [2.75, 3.05) is 0 Å². The molecule has 0 aromatic carbocycles. The molecule has 0 aromatic heterocycles. The van der Waals surface area contributed by atoms with Gasteiger partial charge in [-0.05, 0) is 0 Å². The average molecular weight is 195 g/mol. The van der Waals surface area contributed by atoms with Crippen LogP contribution in [0.15, 0.2) is 0 Å². The van der Waals surface area contributed by atoms with E-state index < -0.39 is 0 Å². The first-order valence-corrected chi connectivity index (χ1v) is 0. The molecule has 0 aliphatic rings. The van der Waals surface area contributed by atoms with E-state index in [0.717, 1.165) is 0 Å². The fraction of sp³-hybridized carbons (Fsp3) is 0. The molecule has 0 nitrogen and oxygen atoms in total. The Morgan fingerprint density at radius 3 is 1.20 bits per heavy atom. The summed E-state index contributed by atoms with van der Waals surface area (Å²) in [5.41, 5.74) is 0. The molecule has 0 N–H and O–H groups in total. The number of hydrogen-bond acceptors (Lipinski definition) is 0. The van der Waals surface area contributed by atoms with Crippen LogP contribution in [0.3, 0.4) is 0 Å². The third-order valence-corrected chi connectivity index (χ3v) is 0. The first kappa shape index (κ1) is 34.8. The minimum Gasteiger partial charge on any atom is -1.00 e. The Hall–Kier alpha value is 4.26. The molecule has 0 heterocycles. The van der Waals surface area contributed by atoms with Gasteiger partial charge >= 0.3 is 79.7 Å². The molecule has 0 aliphatic heterocycles. The monoisotopic (exact) mass is 195 g/mol. The fourth-order valence-electron chi connectivity index (χ4n) is 0. The van der Waals surface area contributed by atoms with Crippen molar-refractivity contribution in [2.24, 2.45) is 0 Å². The molecule has 0 unspecified atom stereocenters. The van der Waals surface area contributed by atoms with Crippen LogP contribution >= 0.6 is 0 Å². The van der Waals surface area contributed by atoms with E-state index in [0.29, 0.717) is 0 Å². The van der Waals surface area contributed by atoms with E-state index in [2.05, 4.69) is 0 Å². The van der Waals surface area contributed by atoms with Gasteiger partial charge in [-0.1, -0.05) is 0 Å². The average Bonchev–Trinajstić information content (AvgIpc) is 0. The Kier molecular flexibility index (Phi) is 167. The van der Waals surface area contributed by atoms with Gasteiger partial charge in [-0.3, -0.25) is 0 Å². The second-order valence-electron chi connectivity index (χ2n) is 0. The number of hydrogen-bond donors (Lipinski definition) is 0. The summed E-state index contributed by atoms with van der Waals surface area (Å²) in [6, 6.07) is 0. The molecule has 0 spiro atoms. The minimum absolute atomic E-state index is 0. The van der Waals surface area contributed by atoms with Crippen LogP contribution in [0.5, 0.6) is 0 Å². The van der Waals surface area contributed by atoms with E-state index in [1.807, 2.05) is 0 Å². The molecule has 0 amide bonds. The molecule has 0 atom stereocenters. The zero-order chi connectivity index (χ0) is 0. The van der Waals surface area contributed by atoms with E-state index in [9.17, 15) is 0 Å². The second kappa shape index (κ2) is 24.0. The standard InChI is InChI=1S/Al.Ca.Li.Mg.Y.8H/q;+2;+1;+2;;;;;5*-1. The van der Waals surface area contributed by atoms with Gasteiger partial charge in [0.05, 0.1) is 0 Å². The van der Waals surface area contributed by atoms with Gasteiger partial charge in [0.15, 0.2) is 17.4 Å². The maximum absolute atomic E-state index is 0. The molecule has 0 aliphatic carbocycles. The predicted molar refractivity (Wildman–Crippen MR) is 27.0 cm³/mol. The minimum atomic E-state index is 0. The SMILES string of the molecule is [AlH3].[Ca+2].[H-].[H-].[H-].[H-].[H-].[Li+].[Mg+2].[Y]. The molecule has 0 rings (SSSR count). The van der Waals surface area contributed by atoms with Crippen LogP contribution in [-0.2, 0) is 32.7 Å². The third-order valence-electron chi connectivity index (χ3n) is 0. The van der Waals surface area contributed by atoms with Gasteiger partial charge in [0.1, 0.15) is 0 Å². The van der Waals surface area contributed by atoms with Crippen molar-refractivity contribution in [3.05, 3.63) is 0 Å². The zero-order valence-electron chi connectivity index (χ0n) is 7.99. The molecule has 1 radical (unpaired) electrons. The predicted octanol–water partition coefficient (Wildman–Crippen LogP) is -4.38. The van der Waals surface area contributed by atoms with Crippen LogP contribution in [-0.4, -0.2) is 78.2 Å². The quantitative estimate of drug-likeness (QED) is 0.343. The Labute approximate surface area is 134 Å². The van der Waals surface area contributed by atoms with Crippen LogP contribution in [0.25, 0.3) is 0 Å². The summed E-state index contributed by atoms with van der Waals surface area (Å²) in [4.78, 5) is 0. The van der Waals surface area contributed by atoms with Crippen molar-refractivity contribution in [3.63, 3.8) is 0 Å². The van der Waals surface area contributed by atoms with E-state index >= 15 is 0 Å². The molecular weight excluding hydrogens is 187 g/mol. The van der Waals surface area contributed by atoms with Gasteiger partial charge in [-0.25, -0.2) is 0 Å². The Balaban J connectivity index is 0. The van der Waals surface area contributed by atoms with Crippen LogP contribution < -0.4 is 18.9 Å². The van der Waals surface area contributed by atoms with Crippen molar-refractivity contribution < 1.29 is 58.7 Å². The van der Waals surface area contributed by atoms with Gasteiger partial charge in [-0.15, -0.1) is 0 Å². The van der Waals surface area contributed by atoms with E-state index in [-0.39, 0.29) is 137 Å². The Bertz CT molecular complexity index is 21.6. The van der Waals surface area contributed by atoms with Crippen LogP contribution in [0.2, 0.25) is 0 Å². The van der Waals surface area contributed by atoms with Crippen molar-refractivity contribution in [1.29, 1.82) is 0 Å². The summed E-state index contributed by atoms with van der Waals surface area (Å²) in [7, 11) is 0. The molecular formula is H8AlCaLiMgY. The van der Waals surface area contributed by atoms with Crippen molar-refractivity contribution >= 4 is 78.2 Å². The summed E-state index contributed by atoms with van der Waals surface area (Å²) in [5, 5.41) is 0. The van der Waals surface area contributed by atoms with Crippen molar-refractivity contribution in [2.45, 2.75) is 0 Å². The fourth-order valence-corrected chi connectivity index (χ4v) is 0. The van der Waals surface area contributed by atoms with Gasteiger partial charge < -0.3 is 7.13 Å². The van der Waals surface area contributed by atoms with Gasteiger partial charge in [0, 0.05) is 32.7 Å². The summed E-state index contributed by atoms with van der Waals surface area (Å²) in [6.07, 6.45) is 0. The smallest absolute Gasteiger partial charge is 1.00 e. The summed E-state index contributed by atoms with van der Waals surface area (Å²) in [5.74, 6) is 0. The first-order valence-electron chi connectivity index (χ1n) is 0. The molecule has 0 bridgehead atoms. The maximum Gasteiger partial charge on any atom is 2.00 e. The van der Waals surface area contributed by atoms with Gasteiger partial charge in [0.2, 0.25) is 0 Å². The van der Waals surface area contributed by atoms with Crippen molar-refractivity contribution in [1.82, 2.24) is 0 Å². The molecule has 0 aromatic rings. The normalized spacial score (nSPS) is 0. The molecule has 5 heteroatoms. The van der Waals surface area contributed by atoms with Gasteiger partial charge in [0.25, 0.3) is 0 Å². The Morgan fingerprint density at radius 2 is 1.20 bits per heavy atom. The second-order valence-corrected chi connectivity index (χ2v) is 0. The maximum atomic E-state index is 0. The molecule has 0 saturated carbocycles. The van der Waals surface area contributed by atoms with Crippen LogP contribution in [0, 0.1) is 0 Å². The molecule has 5 heavy (non-hydrogen) atoms. The number of rotatable bonds is 0. The topological polar surface area (TPSA) is 0 Å². The van der Waals surface area contributed by atoms with Crippen molar-refractivity contribution in [3.8, 4) is 0 Å². The zero-order valence-corrected chi connectivity index (χ0v) is 9.45. The third kappa shape index (κ3) is 17.8. The largest absolute Gasteiger partial charge is 2.00 e.